The summed E-state index contributed by atoms with van der Waals surface area (Å²) in [5.41, 5.74) is 0.458. The molecule has 3 heterocycles. The molecule has 0 spiro atoms. The van der Waals surface area contributed by atoms with Crippen LogP contribution in [0.4, 0.5) is 4.39 Å². The van der Waals surface area contributed by atoms with Crippen molar-refractivity contribution < 1.29 is 13.9 Å². The number of thiazole rings is 1. The second kappa shape index (κ2) is 6.25. The van der Waals surface area contributed by atoms with Crippen molar-refractivity contribution >= 4 is 17.2 Å². The highest BCUT2D eigenvalue weighted by Crippen LogP contribution is 2.27. The average molecular weight is 359 g/mol. The van der Waals surface area contributed by atoms with E-state index in [1.807, 2.05) is 9.95 Å². The van der Waals surface area contributed by atoms with Gasteiger partial charge in [0.25, 0.3) is 5.91 Å². The fraction of sp³-hybridized carbons (Fsp3) is 0.250. The lowest BCUT2D eigenvalue weighted by atomic mass is 10.2. The summed E-state index contributed by atoms with van der Waals surface area (Å²) < 4.78 is 20.1. The minimum Gasteiger partial charge on any atom is -0.480 e. The molecule has 1 aromatic carbocycles. The largest absolute Gasteiger partial charge is 0.480 e. The summed E-state index contributed by atoms with van der Waals surface area (Å²) in [6.07, 6.45) is 0. The van der Waals surface area contributed by atoms with E-state index in [1.54, 1.807) is 12.0 Å². The highest BCUT2D eigenvalue weighted by molar-refractivity contribution is 7.13. The van der Waals surface area contributed by atoms with Crippen LogP contribution in [0.2, 0.25) is 0 Å². The molecular formula is C16H14FN5O2S. The molecule has 0 N–H and O–H groups in total. The van der Waals surface area contributed by atoms with Gasteiger partial charge in [-0.05, 0) is 24.3 Å². The van der Waals surface area contributed by atoms with Crippen molar-refractivity contribution in [3.05, 3.63) is 46.9 Å². The summed E-state index contributed by atoms with van der Waals surface area (Å²) in [6.45, 7) is 1.45. The second-order valence-electron chi connectivity index (χ2n) is 5.52. The van der Waals surface area contributed by atoms with Gasteiger partial charge in [0.05, 0.1) is 19.0 Å². The summed E-state index contributed by atoms with van der Waals surface area (Å²) in [7, 11) is 1.57. The van der Waals surface area contributed by atoms with Gasteiger partial charge in [0.15, 0.2) is 16.7 Å². The van der Waals surface area contributed by atoms with Gasteiger partial charge in [-0.2, -0.15) is 4.98 Å². The van der Waals surface area contributed by atoms with Crippen LogP contribution in [0.25, 0.3) is 10.8 Å². The Kier molecular flexibility index (Phi) is 3.92. The van der Waals surface area contributed by atoms with Crippen LogP contribution in [0.15, 0.2) is 29.6 Å². The molecule has 128 valence electrons. The summed E-state index contributed by atoms with van der Waals surface area (Å²) in [4.78, 5) is 18.6. The molecule has 0 fully saturated rings. The lowest BCUT2D eigenvalue weighted by molar-refractivity contribution is 0.0708. The topological polar surface area (TPSA) is 73.1 Å². The number of carbonyl (C=O) groups is 1. The zero-order chi connectivity index (χ0) is 17.4. The Hall–Kier alpha value is -2.81. The summed E-state index contributed by atoms with van der Waals surface area (Å²) in [5.74, 6) is 1.41. The van der Waals surface area contributed by atoms with E-state index in [2.05, 4.69) is 15.2 Å². The van der Waals surface area contributed by atoms with E-state index in [0.29, 0.717) is 42.7 Å². The molecule has 25 heavy (non-hydrogen) atoms. The van der Waals surface area contributed by atoms with E-state index in [9.17, 15) is 9.18 Å². The third kappa shape index (κ3) is 2.86. The van der Waals surface area contributed by atoms with Crippen molar-refractivity contribution in [3.63, 3.8) is 0 Å². The van der Waals surface area contributed by atoms with Crippen molar-refractivity contribution in [2.75, 3.05) is 13.7 Å². The predicted octanol–water partition coefficient (Wildman–Crippen LogP) is 2.21. The van der Waals surface area contributed by atoms with Crippen LogP contribution in [-0.2, 0) is 13.1 Å². The van der Waals surface area contributed by atoms with Crippen LogP contribution in [0.3, 0.4) is 0 Å². The average Bonchev–Trinajstić information content (AvgIpc) is 3.27. The van der Waals surface area contributed by atoms with Crippen LogP contribution in [0.5, 0.6) is 5.88 Å². The minimum atomic E-state index is -0.363. The molecule has 1 aliphatic heterocycles. The highest BCUT2D eigenvalue weighted by Gasteiger charge is 2.26. The standard InChI is InChI=1S/C16H14FN5O2S/c1-24-13-9-25-15(18-13)14-20-19-12-8-21(6-7-22(12)14)16(23)10-2-4-11(17)5-3-10/h2-5,9H,6-8H2,1H3. The van der Waals surface area contributed by atoms with E-state index in [4.69, 9.17) is 4.74 Å². The highest BCUT2D eigenvalue weighted by atomic mass is 32.1. The van der Waals surface area contributed by atoms with Gasteiger partial charge >= 0.3 is 0 Å². The number of fused-ring (bicyclic) bond motifs is 1. The van der Waals surface area contributed by atoms with Crippen LogP contribution < -0.4 is 4.74 Å². The third-order valence-electron chi connectivity index (χ3n) is 4.02. The van der Waals surface area contributed by atoms with Gasteiger partial charge in [0.1, 0.15) is 5.82 Å². The molecule has 9 heteroatoms. The number of nitrogens with zero attached hydrogens (tertiary/aromatic N) is 5. The molecular weight excluding hydrogens is 345 g/mol. The van der Waals surface area contributed by atoms with E-state index >= 15 is 0 Å². The van der Waals surface area contributed by atoms with Crippen molar-refractivity contribution in [1.29, 1.82) is 0 Å². The van der Waals surface area contributed by atoms with E-state index in [1.165, 1.54) is 35.6 Å². The van der Waals surface area contributed by atoms with Gasteiger partial charge < -0.3 is 14.2 Å². The number of benzene rings is 1. The zero-order valence-electron chi connectivity index (χ0n) is 13.3. The molecule has 1 amide bonds. The molecule has 3 aromatic rings. The van der Waals surface area contributed by atoms with Crippen LogP contribution in [-0.4, -0.2) is 44.2 Å². The number of aromatic nitrogens is 4. The number of rotatable bonds is 3. The summed E-state index contributed by atoms with van der Waals surface area (Å²) in [6, 6.07) is 5.55. The monoisotopic (exact) mass is 359 g/mol. The zero-order valence-corrected chi connectivity index (χ0v) is 14.2. The van der Waals surface area contributed by atoms with Crippen LogP contribution in [0.1, 0.15) is 16.2 Å². The summed E-state index contributed by atoms with van der Waals surface area (Å²) >= 11 is 1.43. The fourth-order valence-corrected chi connectivity index (χ4v) is 3.48. The van der Waals surface area contributed by atoms with Crippen molar-refractivity contribution in [1.82, 2.24) is 24.6 Å². The van der Waals surface area contributed by atoms with Gasteiger partial charge in [-0.3, -0.25) is 4.79 Å². The minimum absolute atomic E-state index is 0.147. The predicted molar refractivity (Wildman–Crippen MR) is 88.8 cm³/mol. The Morgan fingerprint density at radius 2 is 2.04 bits per heavy atom. The van der Waals surface area contributed by atoms with Crippen LogP contribution in [0, 0.1) is 5.82 Å². The normalized spacial score (nSPS) is 13.6. The van der Waals surface area contributed by atoms with E-state index < -0.39 is 0 Å². The first-order valence-corrected chi connectivity index (χ1v) is 8.50. The Morgan fingerprint density at radius 1 is 1.24 bits per heavy atom. The molecule has 2 aromatic heterocycles. The van der Waals surface area contributed by atoms with Gasteiger partial charge in [0.2, 0.25) is 5.88 Å². The number of halogens is 1. The first-order chi connectivity index (χ1) is 12.2. The number of hydrogen-bond donors (Lipinski definition) is 0. The molecule has 0 saturated carbocycles. The van der Waals surface area contributed by atoms with Gasteiger partial charge in [-0.15, -0.1) is 21.5 Å². The Bertz CT molecular complexity index is 921. The van der Waals surface area contributed by atoms with Crippen molar-refractivity contribution in [2.45, 2.75) is 13.1 Å². The van der Waals surface area contributed by atoms with Crippen molar-refractivity contribution in [3.8, 4) is 16.7 Å². The molecule has 7 nitrogen and oxygen atoms in total. The van der Waals surface area contributed by atoms with Gasteiger partial charge in [0, 0.05) is 18.7 Å². The molecule has 0 atom stereocenters. The number of ether oxygens (including phenoxy) is 1. The maximum Gasteiger partial charge on any atom is 0.254 e. The first kappa shape index (κ1) is 15.7. The fourth-order valence-electron chi connectivity index (χ4n) is 2.72. The quantitative estimate of drug-likeness (QED) is 0.717. The second-order valence-corrected chi connectivity index (χ2v) is 6.38. The molecule has 0 saturated heterocycles. The number of methoxy groups -OCH3 is 1. The Morgan fingerprint density at radius 3 is 2.76 bits per heavy atom. The lowest BCUT2D eigenvalue weighted by Crippen LogP contribution is -2.38. The lowest BCUT2D eigenvalue weighted by Gasteiger charge is -2.27. The molecule has 1 aliphatic rings. The molecule has 0 aliphatic carbocycles. The SMILES string of the molecule is COc1csc(-c2nnc3n2CCN(C(=O)c2ccc(F)cc2)C3)n1. The number of amides is 1. The maximum absolute atomic E-state index is 13.0. The van der Waals surface area contributed by atoms with Gasteiger partial charge in [-0.25, -0.2) is 4.39 Å². The van der Waals surface area contributed by atoms with Crippen LogP contribution >= 0.6 is 11.3 Å². The Balaban J connectivity index is 1.56. The molecule has 4 rings (SSSR count). The first-order valence-electron chi connectivity index (χ1n) is 7.62. The smallest absolute Gasteiger partial charge is 0.254 e. The molecule has 0 bridgehead atoms. The maximum atomic E-state index is 13.0. The molecule has 0 radical (unpaired) electrons. The summed E-state index contributed by atoms with van der Waals surface area (Å²) in [5, 5.41) is 10.9. The van der Waals surface area contributed by atoms with Gasteiger partial charge in [-0.1, -0.05) is 0 Å². The molecule has 0 unspecified atom stereocenters. The van der Waals surface area contributed by atoms with E-state index in [-0.39, 0.29) is 11.7 Å². The number of hydrogen-bond acceptors (Lipinski definition) is 6. The third-order valence-corrected chi connectivity index (χ3v) is 4.83. The Labute approximate surface area is 146 Å². The van der Waals surface area contributed by atoms with E-state index in [0.717, 1.165) is 5.01 Å². The van der Waals surface area contributed by atoms with Crippen molar-refractivity contribution in [2.24, 2.45) is 0 Å². The number of carbonyl (C=O) groups excluding carboxylic acids is 1.